The van der Waals surface area contributed by atoms with Crippen LogP contribution >= 0.6 is 11.8 Å². The van der Waals surface area contributed by atoms with Crippen LogP contribution in [0.2, 0.25) is 0 Å². The predicted octanol–water partition coefficient (Wildman–Crippen LogP) is 8.44. The summed E-state index contributed by atoms with van der Waals surface area (Å²) in [4.78, 5) is 2.22. The van der Waals surface area contributed by atoms with Gasteiger partial charge in [0.25, 0.3) is 0 Å². The smallest absolute Gasteiger partial charge is 0.123 e. The second kappa shape index (κ2) is 8.06. The molecule has 0 atom stereocenters. The molecule has 3 heteroatoms. The van der Waals surface area contributed by atoms with Crippen molar-refractivity contribution in [1.82, 2.24) is 0 Å². The fourth-order valence-corrected chi connectivity index (χ4v) is 4.74. The molecule has 0 saturated heterocycles. The van der Waals surface area contributed by atoms with Crippen molar-refractivity contribution in [2.75, 3.05) is 0 Å². The second-order valence-corrected chi connectivity index (χ2v) is 14.0. The fraction of sp³-hybridized carbons (Fsp3) is 0.571. The first-order valence-electron chi connectivity index (χ1n) is 11.2. The highest BCUT2D eigenvalue weighted by molar-refractivity contribution is 7.99. The van der Waals surface area contributed by atoms with Gasteiger partial charge in [0.1, 0.15) is 11.5 Å². The Bertz CT molecular complexity index is 809. The molecule has 0 aliphatic carbocycles. The molecular weight excluding hydrogens is 400 g/mol. The summed E-state index contributed by atoms with van der Waals surface area (Å²) >= 11 is 1.70. The van der Waals surface area contributed by atoms with Crippen LogP contribution < -0.4 is 0 Å². The van der Waals surface area contributed by atoms with Crippen LogP contribution in [0.25, 0.3) is 0 Å². The molecular formula is C28H42O2S. The van der Waals surface area contributed by atoms with Gasteiger partial charge in [-0.2, -0.15) is 0 Å². The molecule has 2 nitrogen and oxygen atoms in total. The summed E-state index contributed by atoms with van der Waals surface area (Å²) in [5.41, 5.74) is 3.21. The van der Waals surface area contributed by atoms with Crippen LogP contribution in [0.5, 0.6) is 11.5 Å². The van der Waals surface area contributed by atoms with Crippen LogP contribution in [0.4, 0.5) is 0 Å². The Morgan fingerprint density at radius 2 is 0.645 bits per heavy atom. The molecule has 31 heavy (non-hydrogen) atoms. The van der Waals surface area contributed by atoms with Crippen LogP contribution in [0.15, 0.2) is 34.1 Å². The maximum Gasteiger partial charge on any atom is 0.123 e. The Morgan fingerprint density at radius 1 is 0.452 bits per heavy atom. The average Bonchev–Trinajstić information content (AvgIpc) is 2.53. The van der Waals surface area contributed by atoms with Crippen LogP contribution in [0, 0.1) is 0 Å². The lowest BCUT2D eigenvalue weighted by Crippen LogP contribution is -2.18. The highest BCUT2D eigenvalue weighted by Crippen LogP contribution is 2.46. The monoisotopic (exact) mass is 442 g/mol. The molecule has 0 heterocycles. The minimum absolute atomic E-state index is 0.164. The first-order chi connectivity index (χ1) is 13.7. The van der Waals surface area contributed by atoms with E-state index < -0.39 is 0 Å². The molecule has 0 aliphatic rings. The van der Waals surface area contributed by atoms with Gasteiger partial charge < -0.3 is 10.2 Å². The van der Waals surface area contributed by atoms with E-state index in [4.69, 9.17) is 0 Å². The largest absolute Gasteiger partial charge is 0.507 e. The van der Waals surface area contributed by atoms with Crippen molar-refractivity contribution in [3.63, 3.8) is 0 Å². The summed E-state index contributed by atoms with van der Waals surface area (Å²) in [7, 11) is 0. The first-order valence-corrected chi connectivity index (χ1v) is 12.0. The topological polar surface area (TPSA) is 40.5 Å². The predicted molar refractivity (Wildman–Crippen MR) is 135 cm³/mol. The Morgan fingerprint density at radius 3 is 0.806 bits per heavy atom. The van der Waals surface area contributed by atoms with E-state index in [1.165, 1.54) is 0 Å². The normalized spacial score (nSPS) is 13.5. The van der Waals surface area contributed by atoms with E-state index in [1.54, 1.807) is 11.8 Å². The molecule has 0 aromatic heterocycles. The molecule has 0 fully saturated rings. The Labute approximate surface area is 194 Å². The summed E-state index contributed by atoms with van der Waals surface area (Å²) in [5.74, 6) is 0.807. The molecule has 0 saturated carbocycles. The molecule has 2 aromatic rings. The summed E-state index contributed by atoms with van der Waals surface area (Å²) in [6, 6.07) is 8.48. The minimum Gasteiger partial charge on any atom is -0.507 e. The molecule has 172 valence electrons. The Balaban J connectivity index is 2.73. The second-order valence-electron chi connectivity index (χ2n) is 12.8. The van der Waals surface area contributed by atoms with Crippen molar-refractivity contribution in [1.29, 1.82) is 0 Å². The summed E-state index contributed by atoms with van der Waals surface area (Å²) < 4.78 is 0. The van der Waals surface area contributed by atoms with Gasteiger partial charge in [-0.3, -0.25) is 0 Å². The van der Waals surface area contributed by atoms with Gasteiger partial charge in [-0.1, -0.05) is 94.8 Å². The lowest BCUT2D eigenvalue weighted by molar-refractivity contribution is 0.421. The number of hydrogen-bond donors (Lipinski definition) is 2. The zero-order valence-corrected chi connectivity index (χ0v) is 22.4. The number of phenolic OH excluding ortho intramolecular Hbond substituents is 2. The molecule has 2 aromatic carbocycles. The van der Waals surface area contributed by atoms with E-state index in [9.17, 15) is 10.2 Å². The molecule has 2 N–H and O–H groups in total. The molecule has 0 aliphatic heterocycles. The number of hydrogen-bond acceptors (Lipinski definition) is 3. The van der Waals surface area contributed by atoms with Gasteiger partial charge in [-0.05, 0) is 45.9 Å². The molecule has 0 amide bonds. The maximum atomic E-state index is 11.0. The van der Waals surface area contributed by atoms with Crippen molar-refractivity contribution in [2.24, 2.45) is 0 Å². The van der Waals surface area contributed by atoms with Gasteiger partial charge in [0.2, 0.25) is 0 Å². The van der Waals surface area contributed by atoms with Gasteiger partial charge in [0.15, 0.2) is 0 Å². The number of rotatable bonds is 2. The summed E-state index contributed by atoms with van der Waals surface area (Å²) in [6.07, 6.45) is 0. The highest BCUT2D eigenvalue weighted by atomic mass is 32.2. The van der Waals surface area contributed by atoms with Crippen LogP contribution in [-0.2, 0) is 21.7 Å². The Kier molecular flexibility index (Phi) is 6.67. The third kappa shape index (κ3) is 5.80. The van der Waals surface area contributed by atoms with Crippen molar-refractivity contribution < 1.29 is 10.2 Å². The molecule has 0 radical (unpaired) electrons. The fourth-order valence-electron chi connectivity index (χ4n) is 3.76. The maximum absolute atomic E-state index is 11.0. The standard InChI is InChI=1S/C28H42O2S/c1-25(2,3)19-13-17(14-20(23(19)29)26(4,5)6)31-18-15-21(27(7,8)9)24(30)22(16-18)28(10,11)12/h13-16,29-30H,1-12H3. The van der Waals surface area contributed by atoms with E-state index in [0.29, 0.717) is 11.5 Å². The quantitative estimate of drug-likeness (QED) is 0.490. The van der Waals surface area contributed by atoms with Gasteiger partial charge in [0.05, 0.1) is 0 Å². The van der Waals surface area contributed by atoms with E-state index in [-0.39, 0.29) is 21.7 Å². The van der Waals surface area contributed by atoms with Gasteiger partial charge in [-0.15, -0.1) is 0 Å². The number of benzene rings is 2. The zero-order chi connectivity index (χ0) is 24.2. The third-order valence-corrected chi connectivity index (χ3v) is 6.58. The van der Waals surface area contributed by atoms with Crippen molar-refractivity contribution >= 4 is 11.8 Å². The molecule has 0 spiro atoms. The van der Waals surface area contributed by atoms with E-state index in [2.05, 4.69) is 107 Å². The molecule has 2 rings (SSSR count). The molecule has 0 bridgehead atoms. The van der Waals surface area contributed by atoms with Gasteiger partial charge in [-0.25, -0.2) is 0 Å². The van der Waals surface area contributed by atoms with Crippen molar-refractivity contribution in [3.05, 3.63) is 46.5 Å². The number of aromatic hydroxyl groups is 2. The lowest BCUT2D eigenvalue weighted by Gasteiger charge is -2.29. The van der Waals surface area contributed by atoms with Crippen LogP contribution in [0.3, 0.4) is 0 Å². The average molecular weight is 443 g/mol. The highest BCUT2D eigenvalue weighted by Gasteiger charge is 2.29. The molecule has 0 unspecified atom stereocenters. The Hall–Kier alpha value is -1.61. The third-order valence-electron chi connectivity index (χ3n) is 5.63. The lowest BCUT2D eigenvalue weighted by atomic mass is 9.79. The number of phenols is 2. The van der Waals surface area contributed by atoms with Gasteiger partial charge >= 0.3 is 0 Å². The van der Waals surface area contributed by atoms with E-state index in [0.717, 1.165) is 32.0 Å². The van der Waals surface area contributed by atoms with Gasteiger partial charge in [0, 0.05) is 32.0 Å². The van der Waals surface area contributed by atoms with Crippen LogP contribution in [-0.4, -0.2) is 10.2 Å². The van der Waals surface area contributed by atoms with E-state index in [1.807, 2.05) is 0 Å². The summed E-state index contributed by atoms with van der Waals surface area (Å²) in [5, 5.41) is 22.1. The minimum atomic E-state index is -0.164. The van der Waals surface area contributed by atoms with Crippen LogP contribution in [0.1, 0.15) is 105 Å². The zero-order valence-electron chi connectivity index (χ0n) is 21.6. The SMILES string of the molecule is CC(C)(C)c1cc(Sc2cc(C(C)(C)C)c(O)c(C(C)(C)C)c2)cc(C(C)(C)C)c1O. The van der Waals surface area contributed by atoms with Crippen molar-refractivity contribution in [3.8, 4) is 11.5 Å². The first kappa shape index (κ1) is 25.6. The summed E-state index contributed by atoms with van der Waals surface area (Å²) in [6.45, 7) is 25.7. The van der Waals surface area contributed by atoms with Crippen molar-refractivity contribution in [2.45, 2.75) is 115 Å². The van der Waals surface area contributed by atoms with E-state index >= 15 is 0 Å².